The van der Waals surface area contributed by atoms with Crippen molar-refractivity contribution in [3.63, 3.8) is 0 Å². The molecule has 1 heterocycles. The Bertz CT molecular complexity index is 1120. The molecule has 3 aliphatic rings. The minimum Gasteiger partial charge on any atom is -0.443 e. The molecule has 1 saturated carbocycles. The first-order chi connectivity index (χ1) is 16.3. The molecule has 0 radical (unpaired) electrons. The van der Waals surface area contributed by atoms with Crippen LogP contribution < -0.4 is 10.7 Å². The number of alkyl halides is 2. The van der Waals surface area contributed by atoms with Gasteiger partial charge in [-0.15, -0.1) is 0 Å². The van der Waals surface area contributed by atoms with Gasteiger partial charge in [0.15, 0.2) is 5.78 Å². The monoisotopic (exact) mass is 509 g/mol. The number of ketones is 1. The first-order valence-corrected chi connectivity index (χ1v) is 12.1. The van der Waals surface area contributed by atoms with Crippen LogP contribution in [-0.2, 0) is 20.7 Å². The first kappa shape index (κ1) is 25.2. The van der Waals surface area contributed by atoms with Crippen molar-refractivity contribution in [1.82, 2.24) is 15.8 Å². The molecule has 0 aromatic heterocycles. The lowest BCUT2D eigenvalue weighted by Gasteiger charge is -2.35. The van der Waals surface area contributed by atoms with Gasteiger partial charge in [-0.1, -0.05) is 36.0 Å². The fraction of sp³-hybridized carbons (Fsp3) is 0.458. The van der Waals surface area contributed by atoms with E-state index in [0.29, 0.717) is 10.5 Å². The number of nitrogens with zero attached hydrogens (tertiary/aromatic N) is 1. The number of hydrogen-bond acceptors (Lipinski definition) is 6. The Kier molecular flexibility index (Phi) is 6.65. The number of benzene rings is 1. The topological polar surface area (TPSA) is 87.7 Å². The van der Waals surface area contributed by atoms with Gasteiger partial charge >= 0.3 is 6.09 Å². The third-order valence-corrected chi connectivity index (χ3v) is 6.79. The van der Waals surface area contributed by atoms with Crippen molar-refractivity contribution in [2.45, 2.75) is 57.6 Å². The van der Waals surface area contributed by atoms with Gasteiger partial charge in [-0.25, -0.2) is 23.4 Å². The molecule has 35 heavy (non-hydrogen) atoms. The molecule has 2 aliphatic carbocycles. The SMILES string of the molecule is CC(C)(C)OC(=O)NN1CSC2=C1C(=O)C(Cc1ccccc1F)C=C2C(=O)NC1CC(F)(F)C1. The highest BCUT2D eigenvalue weighted by molar-refractivity contribution is 8.03. The van der Waals surface area contributed by atoms with Crippen LogP contribution in [0.4, 0.5) is 18.0 Å². The molecule has 1 aromatic rings. The van der Waals surface area contributed by atoms with E-state index in [1.807, 2.05) is 0 Å². The second-order valence-electron chi connectivity index (χ2n) is 9.77. The lowest BCUT2D eigenvalue weighted by Crippen LogP contribution is -2.51. The number of carbonyl (C=O) groups excluding carboxylic acids is 3. The highest BCUT2D eigenvalue weighted by Gasteiger charge is 2.47. The minimum absolute atomic E-state index is 0.00842. The average Bonchev–Trinajstić information content (AvgIpc) is 3.12. The normalized spacial score (nSPS) is 21.8. The van der Waals surface area contributed by atoms with Gasteiger partial charge in [-0.2, -0.15) is 0 Å². The molecule has 1 aliphatic heterocycles. The smallest absolute Gasteiger partial charge is 0.426 e. The van der Waals surface area contributed by atoms with E-state index in [1.165, 1.54) is 23.2 Å². The van der Waals surface area contributed by atoms with Crippen molar-refractivity contribution in [3.8, 4) is 0 Å². The van der Waals surface area contributed by atoms with E-state index in [4.69, 9.17) is 4.74 Å². The summed E-state index contributed by atoms with van der Waals surface area (Å²) >= 11 is 1.16. The van der Waals surface area contributed by atoms with Crippen molar-refractivity contribution >= 4 is 29.5 Å². The average molecular weight is 510 g/mol. The molecule has 1 atom stereocenters. The predicted octanol–water partition coefficient (Wildman–Crippen LogP) is 4.07. The third kappa shape index (κ3) is 5.66. The quantitative estimate of drug-likeness (QED) is 0.623. The van der Waals surface area contributed by atoms with Crippen molar-refractivity contribution in [2.75, 3.05) is 5.88 Å². The number of hydrogen-bond donors (Lipinski definition) is 2. The molecule has 2 amide bonds. The first-order valence-electron chi connectivity index (χ1n) is 11.2. The van der Waals surface area contributed by atoms with Crippen LogP contribution >= 0.6 is 11.8 Å². The van der Waals surface area contributed by atoms with Crippen LogP contribution in [0.2, 0.25) is 0 Å². The van der Waals surface area contributed by atoms with E-state index >= 15 is 0 Å². The van der Waals surface area contributed by atoms with Gasteiger partial charge in [0.05, 0.1) is 16.4 Å². The third-order valence-electron chi connectivity index (χ3n) is 5.70. The Balaban J connectivity index is 1.61. The fourth-order valence-corrected chi connectivity index (χ4v) is 5.24. The molecule has 1 fully saturated rings. The van der Waals surface area contributed by atoms with E-state index < -0.39 is 59.9 Å². The molecule has 0 saturated heterocycles. The summed E-state index contributed by atoms with van der Waals surface area (Å²) in [6.07, 6.45) is -0.221. The Morgan fingerprint density at radius 1 is 1.23 bits per heavy atom. The van der Waals surface area contributed by atoms with Crippen molar-refractivity contribution in [3.05, 3.63) is 57.9 Å². The summed E-state index contributed by atoms with van der Waals surface area (Å²) in [6, 6.07) is 5.34. The minimum atomic E-state index is -2.80. The molecular formula is C24H26F3N3O4S. The maximum atomic E-state index is 14.3. The summed E-state index contributed by atoms with van der Waals surface area (Å²) in [5.41, 5.74) is 2.30. The lowest BCUT2D eigenvalue weighted by atomic mass is 9.85. The van der Waals surface area contributed by atoms with Gasteiger partial charge in [-0.05, 0) is 38.8 Å². The largest absolute Gasteiger partial charge is 0.443 e. The number of halogens is 3. The summed E-state index contributed by atoms with van der Waals surface area (Å²) in [4.78, 5) is 39.2. The van der Waals surface area contributed by atoms with E-state index in [-0.39, 0.29) is 23.6 Å². The van der Waals surface area contributed by atoms with Crippen molar-refractivity contribution in [2.24, 2.45) is 5.92 Å². The van der Waals surface area contributed by atoms with E-state index in [2.05, 4.69) is 10.7 Å². The molecule has 1 unspecified atom stereocenters. The fourth-order valence-electron chi connectivity index (χ4n) is 4.12. The lowest BCUT2D eigenvalue weighted by molar-refractivity contribution is -0.125. The maximum Gasteiger partial charge on any atom is 0.426 e. The number of thioether (sulfide) groups is 1. The summed E-state index contributed by atoms with van der Waals surface area (Å²) < 4.78 is 46.1. The van der Waals surface area contributed by atoms with E-state index in [1.54, 1.807) is 32.9 Å². The molecule has 4 rings (SSSR count). The summed E-state index contributed by atoms with van der Waals surface area (Å²) in [6.45, 7) is 5.09. The number of allylic oxidation sites excluding steroid dienone is 2. The molecule has 0 spiro atoms. The van der Waals surface area contributed by atoms with Crippen LogP contribution in [0, 0.1) is 11.7 Å². The second kappa shape index (κ2) is 9.25. The maximum absolute atomic E-state index is 14.3. The van der Waals surface area contributed by atoms with Crippen LogP contribution in [-0.4, -0.2) is 46.2 Å². The van der Waals surface area contributed by atoms with Crippen LogP contribution in [0.1, 0.15) is 39.2 Å². The van der Waals surface area contributed by atoms with Crippen molar-refractivity contribution in [1.29, 1.82) is 0 Å². The van der Waals surface area contributed by atoms with Gasteiger partial charge in [0.2, 0.25) is 0 Å². The van der Waals surface area contributed by atoms with E-state index in [9.17, 15) is 27.6 Å². The van der Waals surface area contributed by atoms with Gasteiger partial charge in [0.1, 0.15) is 17.1 Å². The van der Waals surface area contributed by atoms with Crippen LogP contribution in [0.5, 0.6) is 0 Å². The molecule has 188 valence electrons. The van der Waals surface area contributed by atoms with Crippen LogP contribution in [0.3, 0.4) is 0 Å². The van der Waals surface area contributed by atoms with Gasteiger partial charge in [0, 0.05) is 24.8 Å². The number of carbonyl (C=O) groups is 3. The Hall–Kier alpha value is -2.95. The van der Waals surface area contributed by atoms with Gasteiger partial charge < -0.3 is 10.1 Å². The van der Waals surface area contributed by atoms with Crippen LogP contribution in [0.25, 0.3) is 0 Å². The predicted molar refractivity (Wildman–Crippen MR) is 123 cm³/mol. The number of hydrazine groups is 1. The number of amides is 2. The standard InChI is InChI=1S/C24H26F3N3O4S/c1-23(2,3)34-22(33)29-30-12-35-20-16(21(32)28-15-10-24(26,27)11-15)9-14(19(31)18(20)30)8-13-6-4-5-7-17(13)25/h4-7,9,14-15H,8,10-12H2,1-3H3,(H,28,32)(H,29,33). The highest BCUT2D eigenvalue weighted by atomic mass is 32.2. The second-order valence-corrected chi connectivity index (χ2v) is 10.7. The van der Waals surface area contributed by atoms with Crippen LogP contribution in [0.15, 0.2) is 46.5 Å². The van der Waals surface area contributed by atoms with Gasteiger partial charge in [0.25, 0.3) is 11.8 Å². The zero-order valence-corrected chi connectivity index (χ0v) is 20.3. The van der Waals surface area contributed by atoms with Gasteiger partial charge in [-0.3, -0.25) is 14.6 Å². The summed E-state index contributed by atoms with van der Waals surface area (Å²) in [7, 11) is 0. The molecule has 7 nitrogen and oxygen atoms in total. The number of ether oxygens (including phenoxy) is 1. The molecule has 1 aromatic carbocycles. The number of nitrogens with one attached hydrogen (secondary N) is 2. The molecule has 11 heteroatoms. The van der Waals surface area contributed by atoms with Crippen molar-refractivity contribution < 1.29 is 32.3 Å². The molecule has 0 bridgehead atoms. The molecule has 2 N–H and O–H groups in total. The zero-order chi connectivity index (χ0) is 25.5. The Labute approximate surface area is 205 Å². The van der Waals surface area contributed by atoms with E-state index in [0.717, 1.165) is 11.8 Å². The summed E-state index contributed by atoms with van der Waals surface area (Å²) in [5, 5.41) is 3.91. The Morgan fingerprint density at radius 3 is 2.54 bits per heavy atom. The number of rotatable bonds is 5. The highest BCUT2D eigenvalue weighted by Crippen LogP contribution is 2.43. The summed E-state index contributed by atoms with van der Waals surface area (Å²) in [5.74, 6) is -5.03. The molecular weight excluding hydrogens is 483 g/mol. The zero-order valence-electron chi connectivity index (χ0n) is 19.5. The number of Topliss-reactive ketones (excluding diaryl/α,β-unsaturated/α-hetero) is 1. The Morgan fingerprint density at radius 2 is 1.91 bits per heavy atom.